The molecule has 118 valence electrons. The van der Waals surface area contributed by atoms with Crippen LogP contribution in [0.3, 0.4) is 0 Å². The van der Waals surface area contributed by atoms with Gasteiger partial charge in [0, 0.05) is 0 Å². The minimum absolute atomic E-state index is 0.0456. The summed E-state index contributed by atoms with van der Waals surface area (Å²) in [4.78, 5) is 12.1. The molecule has 0 radical (unpaired) electrons. The Hall–Kier alpha value is -1.38. The molecule has 2 unspecified atom stereocenters. The molecule has 1 aromatic rings. The molecule has 2 heterocycles. The number of hydrazine groups is 1. The van der Waals surface area contributed by atoms with Crippen molar-refractivity contribution >= 4 is 20.3 Å². The van der Waals surface area contributed by atoms with E-state index in [-0.39, 0.29) is 23.4 Å². The van der Waals surface area contributed by atoms with Gasteiger partial charge in [0.2, 0.25) is 0 Å². The van der Waals surface area contributed by atoms with Gasteiger partial charge in [-0.1, -0.05) is 24.3 Å². The Morgan fingerprint density at radius 3 is 2.68 bits per heavy atom. The largest absolute Gasteiger partial charge is 0.363 e. The molecule has 5 heteroatoms. The molecule has 0 spiro atoms. The highest BCUT2D eigenvalue weighted by Gasteiger charge is 2.44. The summed E-state index contributed by atoms with van der Waals surface area (Å²) >= 11 is 0. The average Bonchev–Trinajstić information content (AvgIpc) is 2.76. The lowest BCUT2D eigenvalue weighted by atomic mass is 9.87. The van der Waals surface area contributed by atoms with Crippen molar-refractivity contribution in [3.8, 4) is 0 Å². The molecular weight excluding hydrogens is 293 g/mol. The van der Waals surface area contributed by atoms with E-state index in [0.29, 0.717) is 0 Å². The maximum atomic E-state index is 12.1. The van der Waals surface area contributed by atoms with Gasteiger partial charge in [-0.3, -0.25) is 9.80 Å². The van der Waals surface area contributed by atoms with Gasteiger partial charge < -0.3 is 5.32 Å². The summed E-state index contributed by atoms with van der Waals surface area (Å²) in [5, 5.41) is 6.94. The van der Waals surface area contributed by atoms with Gasteiger partial charge in [-0.15, -0.1) is 9.24 Å². The zero-order chi connectivity index (χ0) is 16.1. The summed E-state index contributed by atoms with van der Waals surface area (Å²) in [7, 11) is 2.81. The zero-order valence-electron chi connectivity index (χ0n) is 13.6. The molecule has 0 aliphatic carbocycles. The summed E-state index contributed by atoms with van der Waals surface area (Å²) in [6, 6.07) is 8.63. The quantitative estimate of drug-likeness (QED) is 0.819. The van der Waals surface area contributed by atoms with Crippen LogP contribution in [0.25, 0.3) is 0 Å². The SMILES string of the molecule is CC(=O)C1=C2N[C@@H](c3ccccc3P)CC(C)(C)N2NC1C. The fourth-order valence-electron chi connectivity index (χ4n) is 3.56. The zero-order valence-corrected chi connectivity index (χ0v) is 14.8. The molecule has 3 atom stereocenters. The van der Waals surface area contributed by atoms with Crippen LogP contribution in [0.4, 0.5) is 0 Å². The molecule has 4 nitrogen and oxygen atoms in total. The van der Waals surface area contributed by atoms with Gasteiger partial charge in [-0.25, -0.2) is 5.43 Å². The third kappa shape index (κ3) is 2.45. The lowest BCUT2D eigenvalue weighted by molar-refractivity contribution is -0.113. The molecule has 1 aromatic carbocycles. The van der Waals surface area contributed by atoms with Gasteiger partial charge in [0.05, 0.1) is 23.2 Å². The molecule has 22 heavy (non-hydrogen) atoms. The topological polar surface area (TPSA) is 44.4 Å². The molecule has 0 saturated carbocycles. The number of carbonyl (C=O) groups excluding carboxylic acids is 1. The Labute approximate surface area is 134 Å². The number of benzene rings is 1. The Kier molecular flexibility index (Phi) is 3.78. The summed E-state index contributed by atoms with van der Waals surface area (Å²) in [5.41, 5.74) is 5.49. The lowest BCUT2D eigenvalue weighted by Gasteiger charge is -2.47. The summed E-state index contributed by atoms with van der Waals surface area (Å²) in [5.74, 6) is 1.06. The van der Waals surface area contributed by atoms with Crippen molar-refractivity contribution in [2.75, 3.05) is 0 Å². The van der Waals surface area contributed by atoms with Crippen LogP contribution in [0, 0.1) is 0 Å². The van der Waals surface area contributed by atoms with E-state index in [9.17, 15) is 4.79 Å². The second-order valence-corrected chi connectivity index (χ2v) is 7.47. The van der Waals surface area contributed by atoms with Gasteiger partial charge >= 0.3 is 0 Å². The van der Waals surface area contributed by atoms with Crippen LogP contribution in [0.5, 0.6) is 0 Å². The van der Waals surface area contributed by atoms with Crippen molar-refractivity contribution in [3.05, 3.63) is 41.2 Å². The lowest BCUT2D eigenvalue weighted by Crippen LogP contribution is -2.57. The first-order chi connectivity index (χ1) is 10.3. The molecule has 1 saturated heterocycles. The third-order valence-electron chi connectivity index (χ3n) is 4.61. The monoisotopic (exact) mass is 317 g/mol. The molecular formula is C17H24N3OP. The van der Waals surface area contributed by atoms with Crippen LogP contribution in [0.15, 0.2) is 35.7 Å². The molecule has 2 N–H and O–H groups in total. The molecule has 0 amide bonds. The highest BCUT2D eigenvalue weighted by atomic mass is 31.0. The number of hydrogen-bond acceptors (Lipinski definition) is 4. The van der Waals surface area contributed by atoms with Crippen molar-refractivity contribution < 1.29 is 4.79 Å². The molecule has 0 aromatic heterocycles. The van der Waals surface area contributed by atoms with Gasteiger partial charge in [0.15, 0.2) is 5.78 Å². The maximum Gasteiger partial charge on any atom is 0.161 e. The first-order valence-corrected chi connectivity index (χ1v) is 8.31. The Morgan fingerprint density at radius 1 is 1.36 bits per heavy atom. The highest BCUT2D eigenvalue weighted by Crippen LogP contribution is 2.39. The van der Waals surface area contributed by atoms with Gasteiger partial charge in [0.1, 0.15) is 5.82 Å². The van der Waals surface area contributed by atoms with Crippen molar-refractivity contribution in [2.24, 2.45) is 0 Å². The Bertz CT molecular complexity index is 653. The van der Waals surface area contributed by atoms with Crippen LogP contribution in [0.1, 0.15) is 45.7 Å². The fourth-order valence-corrected chi connectivity index (χ4v) is 3.97. The summed E-state index contributed by atoms with van der Waals surface area (Å²) in [6.07, 6.45) is 0.965. The predicted octanol–water partition coefficient (Wildman–Crippen LogP) is 2.01. The second-order valence-electron chi connectivity index (χ2n) is 6.85. The Balaban J connectivity index is 2.05. The van der Waals surface area contributed by atoms with Crippen molar-refractivity contribution in [1.82, 2.24) is 15.8 Å². The number of carbonyl (C=O) groups is 1. The van der Waals surface area contributed by atoms with Crippen LogP contribution in [-0.4, -0.2) is 22.4 Å². The highest BCUT2D eigenvalue weighted by molar-refractivity contribution is 7.27. The van der Waals surface area contributed by atoms with Crippen molar-refractivity contribution in [1.29, 1.82) is 0 Å². The predicted molar refractivity (Wildman–Crippen MR) is 92.5 cm³/mol. The van der Waals surface area contributed by atoms with Crippen LogP contribution in [0.2, 0.25) is 0 Å². The van der Waals surface area contributed by atoms with E-state index in [2.05, 4.69) is 57.0 Å². The molecule has 2 aliphatic heterocycles. The van der Waals surface area contributed by atoms with Crippen molar-refractivity contribution in [3.63, 3.8) is 0 Å². The van der Waals surface area contributed by atoms with E-state index >= 15 is 0 Å². The van der Waals surface area contributed by atoms with Crippen LogP contribution in [-0.2, 0) is 4.79 Å². The minimum atomic E-state index is -0.0658. The van der Waals surface area contributed by atoms with Gasteiger partial charge in [-0.2, -0.15) is 0 Å². The van der Waals surface area contributed by atoms with E-state index in [4.69, 9.17) is 0 Å². The van der Waals surface area contributed by atoms with E-state index in [0.717, 1.165) is 17.8 Å². The molecule has 3 rings (SSSR count). The van der Waals surface area contributed by atoms with E-state index in [1.54, 1.807) is 6.92 Å². The first kappa shape index (κ1) is 15.5. The molecule has 2 aliphatic rings. The third-order valence-corrected chi connectivity index (χ3v) is 5.13. The maximum absolute atomic E-state index is 12.1. The number of Topliss-reactive ketones (excluding diaryl/α,β-unsaturated/α-hetero) is 1. The van der Waals surface area contributed by atoms with E-state index in [1.807, 2.05) is 13.0 Å². The first-order valence-electron chi connectivity index (χ1n) is 7.73. The normalized spacial score (nSPS) is 26.7. The van der Waals surface area contributed by atoms with Gasteiger partial charge in [-0.05, 0) is 45.0 Å². The van der Waals surface area contributed by atoms with E-state index < -0.39 is 0 Å². The summed E-state index contributed by atoms with van der Waals surface area (Å²) in [6.45, 7) is 8.12. The summed E-state index contributed by atoms with van der Waals surface area (Å²) < 4.78 is 0. The number of nitrogens with one attached hydrogen (secondary N) is 2. The number of ketones is 1. The van der Waals surface area contributed by atoms with E-state index in [1.165, 1.54) is 10.9 Å². The second kappa shape index (κ2) is 5.36. The molecule has 1 fully saturated rings. The average molecular weight is 317 g/mol. The standard InChI is InChI=1S/C17H24N3OP/c1-10-15(11(2)21)16-18-13(9-17(3,4)20(16)19-10)12-7-5-6-8-14(12)22/h5-8,10,13,18-19H,9,22H2,1-4H3/t10?,13-/m1/s1. The minimum Gasteiger partial charge on any atom is -0.363 e. The van der Waals surface area contributed by atoms with Gasteiger partial charge in [0.25, 0.3) is 0 Å². The van der Waals surface area contributed by atoms with Crippen LogP contribution >= 0.6 is 9.24 Å². The molecule has 0 bridgehead atoms. The number of hydrogen-bond donors (Lipinski definition) is 2. The fraction of sp³-hybridized carbons (Fsp3) is 0.471. The smallest absolute Gasteiger partial charge is 0.161 e. The number of rotatable bonds is 2. The number of nitrogens with zero attached hydrogens (tertiary/aromatic N) is 1. The van der Waals surface area contributed by atoms with Crippen LogP contribution < -0.4 is 16.0 Å². The van der Waals surface area contributed by atoms with Crippen molar-refractivity contribution in [2.45, 2.75) is 51.7 Å². The Morgan fingerprint density at radius 2 is 2.05 bits per heavy atom. The number of fused-ring (bicyclic) bond motifs is 1.